The summed E-state index contributed by atoms with van der Waals surface area (Å²) in [5.41, 5.74) is 0. The van der Waals surface area contributed by atoms with E-state index < -0.39 is 0 Å². The molecular formula is C10H19NO2. The number of nitrogens with zero attached hydrogens (tertiary/aromatic N) is 1. The number of hydrogen-bond donors (Lipinski definition) is 0. The fourth-order valence-electron chi connectivity index (χ4n) is 1.88. The summed E-state index contributed by atoms with van der Waals surface area (Å²) in [6.45, 7) is 2.77. The van der Waals surface area contributed by atoms with E-state index in [4.69, 9.17) is 4.74 Å². The third-order valence-corrected chi connectivity index (χ3v) is 2.63. The number of esters is 1. The Morgan fingerprint density at radius 3 is 2.62 bits per heavy atom. The molecule has 13 heavy (non-hydrogen) atoms. The Balaban J connectivity index is 2.22. The lowest BCUT2D eigenvalue weighted by Gasteiger charge is -2.22. The zero-order valence-corrected chi connectivity index (χ0v) is 8.58. The maximum atomic E-state index is 11.1. The van der Waals surface area contributed by atoms with E-state index >= 15 is 0 Å². The minimum Gasteiger partial charge on any atom is -0.465 e. The van der Waals surface area contributed by atoms with Crippen molar-refractivity contribution in [3.8, 4) is 0 Å². The van der Waals surface area contributed by atoms with Gasteiger partial charge >= 0.3 is 5.97 Å². The molecular weight excluding hydrogens is 166 g/mol. The smallest absolute Gasteiger partial charge is 0.320 e. The fraction of sp³-hybridized carbons (Fsp3) is 0.900. The van der Waals surface area contributed by atoms with Crippen LogP contribution in [0.2, 0.25) is 0 Å². The molecule has 1 rings (SSSR count). The van der Waals surface area contributed by atoms with Gasteiger partial charge < -0.3 is 4.74 Å². The summed E-state index contributed by atoms with van der Waals surface area (Å²) < 4.78 is 4.89. The number of rotatable bonds is 4. The predicted octanol–water partition coefficient (Wildman–Crippen LogP) is 1.42. The Morgan fingerprint density at radius 1 is 1.46 bits per heavy atom. The molecule has 3 nitrogen and oxygen atoms in total. The Morgan fingerprint density at radius 2 is 2.08 bits per heavy atom. The summed E-state index contributed by atoms with van der Waals surface area (Å²) in [7, 11) is 2.01. The molecule has 1 saturated carbocycles. The molecule has 0 amide bonds. The highest BCUT2D eigenvalue weighted by atomic mass is 16.5. The van der Waals surface area contributed by atoms with Gasteiger partial charge in [0.05, 0.1) is 13.2 Å². The van der Waals surface area contributed by atoms with E-state index in [2.05, 4.69) is 4.90 Å². The van der Waals surface area contributed by atoms with Crippen molar-refractivity contribution in [1.82, 2.24) is 4.90 Å². The highest BCUT2D eigenvalue weighted by molar-refractivity contribution is 5.71. The van der Waals surface area contributed by atoms with Gasteiger partial charge in [-0.2, -0.15) is 0 Å². The topological polar surface area (TPSA) is 29.5 Å². The first-order valence-corrected chi connectivity index (χ1v) is 5.10. The molecule has 0 heterocycles. The molecule has 1 fully saturated rings. The molecule has 3 heteroatoms. The molecule has 0 N–H and O–H groups in total. The van der Waals surface area contributed by atoms with Crippen molar-refractivity contribution < 1.29 is 9.53 Å². The van der Waals surface area contributed by atoms with Crippen LogP contribution in [0.25, 0.3) is 0 Å². The maximum absolute atomic E-state index is 11.1. The monoisotopic (exact) mass is 185 g/mol. The Kier molecular flexibility index (Phi) is 4.22. The van der Waals surface area contributed by atoms with Crippen LogP contribution in [0.4, 0.5) is 0 Å². The molecule has 0 bridgehead atoms. The van der Waals surface area contributed by atoms with Crippen LogP contribution in [0.5, 0.6) is 0 Å². The molecule has 0 spiro atoms. The van der Waals surface area contributed by atoms with Gasteiger partial charge in [0.1, 0.15) is 0 Å². The fourth-order valence-corrected chi connectivity index (χ4v) is 1.88. The first kappa shape index (κ1) is 10.5. The van der Waals surface area contributed by atoms with Gasteiger partial charge in [-0.1, -0.05) is 12.8 Å². The lowest BCUT2D eigenvalue weighted by molar-refractivity contribution is -0.144. The van der Waals surface area contributed by atoms with Crippen LogP contribution in [-0.2, 0) is 9.53 Å². The van der Waals surface area contributed by atoms with Gasteiger partial charge in [-0.3, -0.25) is 9.69 Å². The average molecular weight is 185 g/mol. The van der Waals surface area contributed by atoms with E-state index in [1.54, 1.807) is 0 Å². The van der Waals surface area contributed by atoms with Crippen LogP contribution in [-0.4, -0.2) is 37.1 Å². The second kappa shape index (κ2) is 5.22. The van der Waals surface area contributed by atoms with E-state index in [0.717, 1.165) is 0 Å². The molecule has 0 aromatic carbocycles. The summed E-state index contributed by atoms with van der Waals surface area (Å²) in [5, 5.41) is 0. The number of likely N-dealkylation sites (N-methyl/N-ethyl adjacent to an activating group) is 1. The van der Waals surface area contributed by atoms with Crippen LogP contribution in [0, 0.1) is 0 Å². The summed E-state index contributed by atoms with van der Waals surface area (Å²) in [4.78, 5) is 13.3. The third kappa shape index (κ3) is 3.35. The van der Waals surface area contributed by atoms with Gasteiger partial charge in [0, 0.05) is 6.04 Å². The molecule has 0 saturated heterocycles. The summed E-state index contributed by atoms with van der Waals surface area (Å²) in [5.74, 6) is -0.100. The van der Waals surface area contributed by atoms with Crippen molar-refractivity contribution in [2.75, 3.05) is 20.2 Å². The van der Waals surface area contributed by atoms with E-state index in [1.165, 1.54) is 25.7 Å². The van der Waals surface area contributed by atoms with Gasteiger partial charge in [0.2, 0.25) is 0 Å². The third-order valence-electron chi connectivity index (χ3n) is 2.63. The van der Waals surface area contributed by atoms with Gasteiger partial charge in [0.15, 0.2) is 0 Å². The first-order valence-electron chi connectivity index (χ1n) is 5.10. The minimum atomic E-state index is -0.100. The van der Waals surface area contributed by atoms with Gasteiger partial charge in [0.25, 0.3) is 0 Å². The second-order valence-electron chi connectivity index (χ2n) is 3.66. The van der Waals surface area contributed by atoms with Crippen LogP contribution >= 0.6 is 0 Å². The lowest BCUT2D eigenvalue weighted by Crippen LogP contribution is -2.34. The molecule has 0 radical (unpaired) electrons. The van der Waals surface area contributed by atoms with E-state index in [0.29, 0.717) is 19.2 Å². The molecule has 0 aromatic heterocycles. The first-order chi connectivity index (χ1) is 6.24. The van der Waals surface area contributed by atoms with Crippen LogP contribution in [0.3, 0.4) is 0 Å². The molecule has 76 valence electrons. The van der Waals surface area contributed by atoms with Crippen LogP contribution < -0.4 is 0 Å². The van der Waals surface area contributed by atoms with Crippen molar-refractivity contribution >= 4 is 5.97 Å². The van der Waals surface area contributed by atoms with Crippen LogP contribution in [0.1, 0.15) is 32.6 Å². The quantitative estimate of drug-likeness (QED) is 0.620. The van der Waals surface area contributed by atoms with Crippen LogP contribution in [0.15, 0.2) is 0 Å². The van der Waals surface area contributed by atoms with Crippen molar-refractivity contribution in [1.29, 1.82) is 0 Å². The van der Waals surface area contributed by atoms with Crippen molar-refractivity contribution in [3.63, 3.8) is 0 Å². The molecule has 1 aliphatic rings. The molecule has 0 atom stereocenters. The summed E-state index contributed by atoms with van der Waals surface area (Å²) in [6, 6.07) is 0.601. The van der Waals surface area contributed by atoms with E-state index in [-0.39, 0.29) is 5.97 Å². The number of hydrogen-bond acceptors (Lipinski definition) is 3. The number of ether oxygens (including phenoxy) is 1. The average Bonchev–Trinajstić information content (AvgIpc) is 2.55. The summed E-state index contributed by atoms with van der Waals surface area (Å²) >= 11 is 0. The normalized spacial score (nSPS) is 18.1. The maximum Gasteiger partial charge on any atom is 0.320 e. The van der Waals surface area contributed by atoms with Gasteiger partial charge in [-0.05, 0) is 26.8 Å². The Bertz CT molecular complexity index is 164. The largest absolute Gasteiger partial charge is 0.465 e. The van der Waals surface area contributed by atoms with E-state index in [9.17, 15) is 4.79 Å². The zero-order chi connectivity index (χ0) is 9.68. The van der Waals surface area contributed by atoms with E-state index in [1.807, 2.05) is 14.0 Å². The molecule has 1 aliphatic carbocycles. The molecule has 0 aliphatic heterocycles. The SMILES string of the molecule is CCOC(=O)CN(C)C1CCCC1. The Hall–Kier alpha value is -0.570. The van der Waals surface area contributed by atoms with Crippen molar-refractivity contribution in [3.05, 3.63) is 0 Å². The predicted molar refractivity (Wildman–Crippen MR) is 51.5 cm³/mol. The number of carbonyl (C=O) groups excluding carboxylic acids is 1. The van der Waals surface area contributed by atoms with Crippen molar-refractivity contribution in [2.45, 2.75) is 38.6 Å². The van der Waals surface area contributed by atoms with Gasteiger partial charge in [-0.25, -0.2) is 0 Å². The standard InChI is InChI=1S/C10H19NO2/c1-3-13-10(12)8-11(2)9-6-4-5-7-9/h9H,3-8H2,1-2H3. The Labute approximate surface area is 80.1 Å². The molecule has 0 aromatic rings. The zero-order valence-electron chi connectivity index (χ0n) is 8.58. The van der Waals surface area contributed by atoms with Gasteiger partial charge in [-0.15, -0.1) is 0 Å². The minimum absolute atomic E-state index is 0.100. The molecule has 0 unspecified atom stereocenters. The lowest BCUT2D eigenvalue weighted by atomic mass is 10.2. The highest BCUT2D eigenvalue weighted by Gasteiger charge is 2.21. The second-order valence-corrected chi connectivity index (χ2v) is 3.66. The highest BCUT2D eigenvalue weighted by Crippen LogP contribution is 2.21. The number of carbonyl (C=O) groups is 1. The summed E-state index contributed by atoms with van der Waals surface area (Å²) in [6.07, 6.45) is 5.07. The van der Waals surface area contributed by atoms with Crippen molar-refractivity contribution in [2.24, 2.45) is 0 Å².